The first-order valence-electron chi connectivity index (χ1n) is 10.6. The summed E-state index contributed by atoms with van der Waals surface area (Å²) < 4.78 is 14.8. The van der Waals surface area contributed by atoms with E-state index in [9.17, 15) is 14.4 Å². The summed E-state index contributed by atoms with van der Waals surface area (Å²) in [7, 11) is 2.58. The lowest BCUT2D eigenvalue weighted by Crippen LogP contribution is -2.47. The fourth-order valence-corrected chi connectivity index (χ4v) is 3.43. The van der Waals surface area contributed by atoms with Gasteiger partial charge in [0.15, 0.2) is 11.8 Å². The summed E-state index contributed by atoms with van der Waals surface area (Å²) in [6.07, 6.45) is 2.47. The second-order valence-corrected chi connectivity index (χ2v) is 7.54. The quantitative estimate of drug-likeness (QED) is 0.140. The van der Waals surface area contributed by atoms with E-state index in [1.54, 1.807) is 0 Å². The molecule has 0 bridgehead atoms. The van der Waals surface area contributed by atoms with Gasteiger partial charge in [-0.2, -0.15) is 4.98 Å². The number of carbonyl (C=O) groups is 3. The summed E-state index contributed by atoms with van der Waals surface area (Å²) in [6, 6.07) is -2.42. The summed E-state index contributed by atoms with van der Waals surface area (Å²) in [5, 5.41) is 6.73. The van der Waals surface area contributed by atoms with Crippen LogP contribution in [0.15, 0.2) is 9.52 Å². The Morgan fingerprint density at radius 3 is 2.70 bits per heavy atom. The predicted molar refractivity (Wildman–Crippen MR) is 115 cm³/mol. The van der Waals surface area contributed by atoms with Crippen LogP contribution in [0.5, 0.6) is 0 Å². The Kier molecular flexibility index (Phi) is 9.84. The van der Waals surface area contributed by atoms with Gasteiger partial charge in [0, 0.05) is 19.5 Å². The molecule has 2 heterocycles. The normalized spacial score (nSPS) is 17.2. The van der Waals surface area contributed by atoms with Gasteiger partial charge in [0.05, 0.1) is 20.3 Å². The molecular formula is C19H32N8O6. The van der Waals surface area contributed by atoms with Gasteiger partial charge >= 0.3 is 18.0 Å². The van der Waals surface area contributed by atoms with Crippen molar-refractivity contribution in [3.63, 3.8) is 0 Å². The molecule has 7 N–H and O–H groups in total. The maximum Gasteiger partial charge on any atom is 0.328 e. The minimum absolute atomic E-state index is 0.0368. The molecule has 1 aromatic rings. The number of aromatic nitrogens is 2. The zero-order valence-corrected chi connectivity index (χ0v) is 18.9. The molecular weight excluding hydrogens is 436 g/mol. The van der Waals surface area contributed by atoms with Gasteiger partial charge < -0.3 is 41.4 Å². The van der Waals surface area contributed by atoms with Crippen LogP contribution >= 0.6 is 0 Å². The summed E-state index contributed by atoms with van der Waals surface area (Å²) in [5.41, 5.74) is 16.8. The Bertz CT molecular complexity index is 840. The molecule has 14 heteroatoms. The number of methoxy groups -OCH3 is 2. The highest BCUT2D eigenvalue weighted by atomic mass is 16.5. The number of rotatable bonds is 11. The average molecular weight is 469 g/mol. The number of nitrogens with one attached hydrogen (secondary N) is 1. The highest BCUT2D eigenvalue weighted by Gasteiger charge is 2.36. The van der Waals surface area contributed by atoms with Crippen molar-refractivity contribution >= 4 is 23.9 Å². The molecule has 14 nitrogen and oxygen atoms in total. The molecule has 0 aromatic carbocycles. The van der Waals surface area contributed by atoms with Crippen LogP contribution in [-0.4, -0.2) is 72.3 Å². The van der Waals surface area contributed by atoms with E-state index in [0.717, 1.165) is 0 Å². The van der Waals surface area contributed by atoms with Crippen molar-refractivity contribution in [2.75, 3.05) is 27.3 Å². The first kappa shape index (κ1) is 25.8. The lowest BCUT2D eigenvalue weighted by molar-refractivity contribution is -0.145. The fraction of sp³-hybridized carbons (Fsp3) is 0.684. The van der Waals surface area contributed by atoms with Crippen LogP contribution in [0.2, 0.25) is 0 Å². The average Bonchev–Trinajstić information content (AvgIpc) is 3.48. The molecule has 184 valence electrons. The molecule has 1 unspecified atom stereocenters. The van der Waals surface area contributed by atoms with E-state index in [1.807, 2.05) is 0 Å². The number of likely N-dealkylation sites (tertiary alicyclic amines) is 1. The Morgan fingerprint density at radius 1 is 1.27 bits per heavy atom. The highest BCUT2D eigenvalue weighted by Crippen LogP contribution is 2.23. The number of urea groups is 1. The number of amides is 2. The van der Waals surface area contributed by atoms with Crippen molar-refractivity contribution in [1.82, 2.24) is 20.4 Å². The fourth-order valence-electron chi connectivity index (χ4n) is 3.43. The molecule has 1 aliphatic rings. The van der Waals surface area contributed by atoms with Crippen LogP contribution in [0.25, 0.3) is 0 Å². The standard InChI is InChI=1S/C19H32N8O6/c1-31-14(28)8-7-11(20)15-25-16(33-26-15)12(5-3-9-23-18(21)22)24-19(30)27-10-4-6-13(27)17(29)32-2/h11-13H,3-10,20H2,1-2H3,(H,24,30)(H4,21,22,23)/t11-,12?,13+/m0/s1. The molecule has 0 aliphatic carbocycles. The molecule has 2 amide bonds. The van der Waals surface area contributed by atoms with Crippen LogP contribution < -0.4 is 22.5 Å². The first-order chi connectivity index (χ1) is 15.8. The largest absolute Gasteiger partial charge is 0.469 e. The monoisotopic (exact) mass is 468 g/mol. The van der Waals surface area contributed by atoms with E-state index in [-0.39, 0.29) is 30.5 Å². The molecule has 1 saturated heterocycles. The SMILES string of the molecule is COC(=O)CC[C@H](N)c1noc(C(CCCN=C(N)N)NC(=O)N2CCC[C@@H]2C(=O)OC)n1. The third-order valence-corrected chi connectivity index (χ3v) is 5.20. The zero-order chi connectivity index (χ0) is 24.4. The van der Waals surface area contributed by atoms with Crippen LogP contribution in [-0.2, 0) is 19.1 Å². The molecule has 1 aliphatic heterocycles. The minimum atomic E-state index is -0.667. The van der Waals surface area contributed by atoms with Gasteiger partial charge in [-0.25, -0.2) is 9.59 Å². The molecule has 33 heavy (non-hydrogen) atoms. The maximum absolute atomic E-state index is 12.9. The predicted octanol–water partition coefficient (Wildman–Crippen LogP) is -0.536. The Labute approximate surface area is 191 Å². The van der Waals surface area contributed by atoms with Gasteiger partial charge in [-0.15, -0.1) is 0 Å². The number of carbonyl (C=O) groups excluding carboxylic acids is 3. The van der Waals surface area contributed by atoms with Crippen LogP contribution in [0.4, 0.5) is 4.79 Å². The number of hydrogen-bond acceptors (Lipinski definition) is 10. The van der Waals surface area contributed by atoms with Gasteiger partial charge in [-0.3, -0.25) is 9.79 Å². The molecule has 0 spiro atoms. The van der Waals surface area contributed by atoms with Gasteiger partial charge in [0.25, 0.3) is 0 Å². The van der Waals surface area contributed by atoms with Crippen molar-refractivity contribution in [2.24, 2.45) is 22.2 Å². The number of nitrogens with two attached hydrogens (primary N) is 3. The van der Waals surface area contributed by atoms with Gasteiger partial charge in [0.2, 0.25) is 5.89 Å². The molecule has 2 rings (SSSR count). The van der Waals surface area contributed by atoms with E-state index < -0.39 is 36.1 Å². The molecule has 3 atom stereocenters. The summed E-state index contributed by atoms with van der Waals surface area (Å²) >= 11 is 0. The van der Waals surface area contributed by atoms with Crippen LogP contribution in [0.3, 0.4) is 0 Å². The van der Waals surface area contributed by atoms with Crippen LogP contribution in [0, 0.1) is 0 Å². The van der Waals surface area contributed by atoms with Crippen LogP contribution in [0.1, 0.15) is 62.3 Å². The van der Waals surface area contributed by atoms with Gasteiger partial charge in [-0.1, -0.05) is 5.16 Å². The Morgan fingerprint density at radius 2 is 2.03 bits per heavy atom. The summed E-state index contributed by atoms with van der Waals surface area (Å²) in [5.74, 6) is -0.560. The van der Waals surface area contributed by atoms with E-state index >= 15 is 0 Å². The first-order valence-corrected chi connectivity index (χ1v) is 10.6. The zero-order valence-electron chi connectivity index (χ0n) is 18.9. The number of aliphatic imine (C=N–C) groups is 1. The van der Waals surface area contributed by atoms with Crippen molar-refractivity contribution in [2.45, 2.75) is 56.7 Å². The Balaban J connectivity index is 2.11. The minimum Gasteiger partial charge on any atom is -0.469 e. The third-order valence-electron chi connectivity index (χ3n) is 5.20. The summed E-state index contributed by atoms with van der Waals surface area (Å²) in [4.78, 5) is 45.9. The molecule has 1 fully saturated rings. The molecule has 0 saturated carbocycles. The highest BCUT2D eigenvalue weighted by molar-refractivity contribution is 5.84. The summed E-state index contributed by atoms with van der Waals surface area (Å²) in [6.45, 7) is 0.753. The van der Waals surface area contributed by atoms with E-state index in [4.69, 9.17) is 26.5 Å². The second kappa shape index (κ2) is 12.6. The molecule has 1 aromatic heterocycles. The number of hydrogen-bond donors (Lipinski definition) is 4. The van der Waals surface area contributed by atoms with Crippen molar-refractivity contribution in [3.05, 3.63) is 11.7 Å². The third kappa shape index (κ3) is 7.59. The molecule has 0 radical (unpaired) electrons. The van der Waals surface area contributed by atoms with Crippen molar-refractivity contribution in [3.8, 4) is 0 Å². The lowest BCUT2D eigenvalue weighted by atomic mass is 10.1. The number of esters is 2. The number of ether oxygens (including phenoxy) is 2. The van der Waals surface area contributed by atoms with E-state index in [2.05, 4.69) is 25.2 Å². The topological polar surface area (TPSA) is 214 Å². The second-order valence-electron chi connectivity index (χ2n) is 7.54. The Hall–Kier alpha value is -3.42. The maximum atomic E-state index is 12.9. The smallest absolute Gasteiger partial charge is 0.328 e. The van der Waals surface area contributed by atoms with Crippen molar-refractivity contribution in [1.29, 1.82) is 0 Å². The number of nitrogens with zero attached hydrogens (tertiary/aromatic N) is 4. The number of guanidine groups is 1. The van der Waals surface area contributed by atoms with Crippen molar-refractivity contribution < 1.29 is 28.4 Å². The van der Waals surface area contributed by atoms with E-state index in [1.165, 1.54) is 19.1 Å². The lowest BCUT2D eigenvalue weighted by Gasteiger charge is -2.25. The van der Waals surface area contributed by atoms with Gasteiger partial charge in [0.1, 0.15) is 12.1 Å². The van der Waals surface area contributed by atoms with E-state index in [0.29, 0.717) is 38.8 Å². The van der Waals surface area contributed by atoms with Gasteiger partial charge in [-0.05, 0) is 32.1 Å².